The molecule has 10 heteroatoms. The molecule has 2 rings (SSSR count). The predicted molar refractivity (Wildman–Crippen MR) is 136 cm³/mol. The lowest BCUT2D eigenvalue weighted by Gasteiger charge is -2.19. The number of carbonyl (C=O) groups is 2. The zero-order valence-electron chi connectivity index (χ0n) is 18.8. The van der Waals surface area contributed by atoms with Crippen molar-refractivity contribution in [2.24, 2.45) is 0 Å². The average molecular weight is 549 g/mol. The number of aliphatic carboxylic acids is 1. The molecule has 6 nitrogen and oxygen atoms in total. The smallest absolute Gasteiger partial charge is 0.303 e. The Balaban J connectivity index is 2.09. The Morgan fingerprint density at radius 3 is 2.26 bits per heavy atom. The second-order valence-electron chi connectivity index (χ2n) is 8.05. The number of hydrogen-bond acceptors (Lipinski definition) is 4. The van der Waals surface area contributed by atoms with Crippen LogP contribution in [0.2, 0.25) is 15.1 Å². The first-order chi connectivity index (χ1) is 16.0. The van der Waals surface area contributed by atoms with E-state index in [0.717, 1.165) is 25.7 Å². The molecule has 0 aliphatic rings. The van der Waals surface area contributed by atoms with E-state index in [1.807, 2.05) is 6.92 Å². The fourth-order valence-electron chi connectivity index (χ4n) is 3.60. The monoisotopic (exact) mass is 547 g/mol. The maximum atomic E-state index is 13.0. The van der Waals surface area contributed by atoms with Gasteiger partial charge in [0.15, 0.2) is 5.78 Å². The van der Waals surface area contributed by atoms with Crippen LogP contribution in [-0.2, 0) is 14.8 Å². The fourth-order valence-corrected chi connectivity index (χ4v) is 5.95. The van der Waals surface area contributed by atoms with Gasteiger partial charge >= 0.3 is 5.97 Å². The first-order valence-electron chi connectivity index (χ1n) is 11.1. The molecule has 2 N–H and O–H groups in total. The van der Waals surface area contributed by atoms with Gasteiger partial charge in [-0.3, -0.25) is 9.59 Å². The summed E-state index contributed by atoms with van der Waals surface area (Å²) in [5.41, 5.74) is 0.446. The molecule has 34 heavy (non-hydrogen) atoms. The lowest BCUT2D eigenvalue weighted by molar-refractivity contribution is -0.137. The Morgan fingerprint density at radius 2 is 1.65 bits per heavy atom. The maximum absolute atomic E-state index is 13.0. The molecule has 0 aromatic heterocycles. The van der Waals surface area contributed by atoms with E-state index >= 15 is 0 Å². The molecule has 2 aromatic rings. The van der Waals surface area contributed by atoms with Crippen molar-refractivity contribution in [1.29, 1.82) is 0 Å². The van der Waals surface area contributed by atoms with E-state index < -0.39 is 21.8 Å². The molecule has 0 saturated carbocycles. The third kappa shape index (κ3) is 8.54. The zero-order chi connectivity index (χ0) is 25.3. The predicted octanol–water partition coefficient (Wildman–Crippen LogP) is 6.75. The van der Waals surface area contributed by atoms with Crippen molar-refractivity contribution in [1.82, 2.24) is 4.72 Å². The summed E-state index contributed by atoms with van der Waals surface area (Å²) in [7, 11) is -3.91. The van der Waals surface area contributed by atoms with Crippen molar-refractivity contribution in [3.05, 3.63) is 62.6 Å². The number of halogens is 3. The molecule has 1 unspecified atom stereocenters. The van der Waals surface area contributed by atoms with E-state index in [1.165, 1.54) is 30.3 Å². The number of nitrogens with one attached hydrogen (secondary N) is 1. The summed E-state index contributed by atoms with van der Waals surface area (Å²) in [4.78, 5) is 23.3. The molecule has 0 saturated heterocycles. The molecule has 0 fully saturated rings. The molecule has 0 aliphatic carbocycles. The first-order valence-corrected chi connectivity index (χ1v) is 13.7. The molecular weight excluding hydrogens is 521 g/mol. The number of carbonyl (C=O) groups excluding carboxylic acids is 1. The van der Waals surface area contributed by atoms with Crippen molar-refractivity contribution in [3.63, 3.8) is 0 Å². The van der Waals surface area contributed by atoms with Gasteiger partial charge in [0, 0.05) is 28.6 Å². The van der Waals surface area contributed by atoms with Crippen molar-refractivity contribution < 1.29 is 23.1 Å². The molecule has 0 heterocycles. The topological polar surface area (TPSA) is 101 Å². The third-order valence-corrected chi connectivity index (χ3v) is 7.86. The Morgan fingerprint density at radius 1 is 0.941 bits per heavy atom. The number of hydrogen-bond donors (Lipinski definition) is 2. The summed E-state index contributed by atoms with van der Waals surface area (Å²) in [6, 6.07) is 8.29. The average Bonchev–Trinajstić information content (AvgIpc) is 2.75. The summed E-state index contributed by atoms with van der Waals surface area (Å²) in [6.45, 7) is 1.98. The Labute approximate surface area is 215 Å². The zero-order valence-corrected chi connectivity index (χ0v) is 21.9. The molecular formula is C24H28Cl3NO5S. The van der Waals surface area contributed by atoms with Crippen LogP contribution in [0.4, 0.5) is 0 Å². The van der Waals surface area contributed by atoms with Gasteiger partial charge in [0.1, 0.15) is 4.90 Å². The van der Waals surface area contributed by atoms with Gasteiger partial charge in [0.05, 0.1) is 10.0 Å². The van der Waals surface area contributed by atoms with Gasteiger partial charge in [-0.25, -0.2) is 13.1 Å². The van der Waals surface area contributed by atoms with Gasteiger partial charge in [0.25, 0.3) is 0 Å². The van der Waals surface area contributed by atoms with E-state index in [2.05, 4.69) is 4.72 Å². The van der Waals surface area contributed by atoms with E-state index in [-0.39, 0.29) is 38.5 Å². The molecule has 0 spiro atoms. The summed E-state index contributed by atoms with van der Waals surface area (Å²) in [6.07, 6.45) is 5.27. The number of unbranched alkanes of at least 4 members (excludes halogenated alkanes) is 3. The summed E-state index contributed by atoms with van der Waals surface area (Å²) >= 11 is 18.3. The number of ketones is 1. The molecule has 1 atom stereocenters. The van der Waals surface area contributed by atoms with Crippen LogP contribution >= 0.6 is 34.8 Å². The first kappa shape index (κ1) is 28.6. The van der Waals surface area contributed by atoms with Gasteiger partial charge in [-0.2, -0.15) is 0 Å². The Hall–Kier alpha value is -1.64. The Bertz CT molecular complexity index is 1120. The molecule has 0 amide bonds. The second-order valence-corrected chi connectivity index (χ2v) is 11.0. The molecule has 0 bridgehead atoms. The number of carboxylic acids is 1. The highest BCUT2D eigenvalue weighted by Gasteiger charge is 2.24. The number of benzene rings is 2. The van der Waals surface area contributed by atoms with Crippen LogP contribution in [0.25, 0.3) is 0 Å². The molecule has 2 aromatic carbocycles. The van der Waals surface area contributed by atoms with Gasteiger partial charge < -0.3 is 5.11 Å². The molecule has 0 aliphatic heterocycles. The fraction of sp³-hybridized carbons (Fsp3) is 0.417. The van der Waals surface area contributed by atoms with Crippen molar-refractivity contribution >= 4 is 56.6 Å². The third-order valence-electron chi connectivity index (χ3n) is 5.31. The van der Waals surface area contributed by atoms with Crippen molar-refractivity contribution in [3.8, 4) is 0 Å². The minimum atomic E-state index is -3.91. The largest absolute Gasteiger partial charge is 0.481 e. The number of carboxylic acid groups (broad SMARTS) is 1. The van der Waals surface area contributed by atoms with Crippen molar-refractivity contribution in [2.45, 2.75) is 69.2 Å². The standard InChI is InChI=1S/C24H28Cl3NO5S/c1-2-7-18(8-5-3-4-6-9-23(29)30)28-34(32,33)22-13-10-16(14-21(22)27)24(31)19-12-11-17(25)15-20(19)26/h10-15,18,28H,2-9H2,1H3,(H,29,30). The van der Waals surface area contributed by atoms with Crippen LogP contribution < -0.4 is 4.72 Å². The van der Waals surface area contributed by atoms with Crippen molar-refractivity contribution in [2.75, 3.05) is 0 Å². The second kappa shape index (κ2) is 13.4. The quantitative estimate of drug-likeness (QED) is 0.201. The molecule has 186 valence electrons. The van der Waals surface area contributed by atoms with E-state index in [4.69, 9.17) is 39.9 Å². The number of sulfonamides is 1. The van der Waals surface area contributed by atoms with Gasteiger partial charge in [0.2, 0.25) is 10.0 Å². The summed E-state index contributed by atoms with van der Waals surface area (Å²) < 4.78 is 28.7. The van der Waals surface area contributed by atoms with Crippen LogP contribution in [0.5, 0.6) is 0 Å². The normalized spacial score (nSPS) is 12.5. The van der Waals surface area contributed by atoms with E-state index in [1.54, 1.807) is 6.07 Å². The lowest BCUT2D eigenvalue weighted by Crippen LogP contribution is -2.35. The van der Waals surface area contributed by atoms with Crippen LogP contribution in [0.3, 0.4) is 0 Å². The van der Waals surface area contributed by atoms with Crippen LogP contribution in [0, 0.1) is 0 Å². The number of rotatable bonds is 14. The maximum Gasteiger partial charge on any atom is 0.303 e. The lowest BCUT2D eigenvalue weighted by atomic mass is 10.0. The highest BCUT2D eigenvalue weighted by atomic mass is 35.5. The van der Waals surface area contributed by atoms with Crippen LogP contribution in [0.15, 0.2) is 41.3 Å². The van der Waals surface area contributed by atoms with Gasteiger partial charge in [-0.1, -0.05) is 67.4 Å². The Kier molecular flexibility index (Phi) is 11.3. The molecule has 0 radical (unpaired) electrons. The summed E-state index contributed by atoms with van der Waals surface area (Å²) in [5, 5.41) is 9.22. The van der Waals surface area contributed by atoms with Gasteiger partial charge in [-0.05, 0) is 55.7 Å². The highest BCUT2D eigenvalue weighted by Crippen LogP contribution is 2.28. The highest BCUT2D eigenvalue weighted by molar-refractivity contribution is 7.89. The van der Waals surface area contributed by atoms with Crippen LogP contribution in [0.1, 0.15) is 74.2 Å². The summed E-state index contributed by atoms with van der Waals surface area (Å²) in [5.74, 6) is -1.20. The minimum absolute atomic E-state index is 0.0626. The van der Waals surface area contributed by atoms with Gasteiger partial charge in [-0.15, -0.1) is 0 Å². The van der Waals surface area contributed by atoms with Crippen LogP contribution in [-0.4, -0.2) is 31.3 Å². The minimum Gasteiger partial charge on any atom is -0.481 e. The SMILES string of the molecule is CCCC(CCCCCCC(=O)O)NS(=O)(=O)c1ccc(C(=O)c2ccc(Cl)cc2Cl)cc1Cl. The van der Waals surface area contributed by atoms with E-state index in [0.29, 0.717) is 24.3 Å². The van der Waals surface area contributed by atoms with E-state index in [9.17, 15) is 18.0 Å².